The topological polar surface area (TPSA) is 75.2 Å². The van der Waals surface area contributed by atoms with E-state index >= 15 is 0 Å². The number of imide groups is 1. The number of anilines is 2. The van der Waals surface area contributed by atoms with Crippen molar-refractivity contribution in [1.29, 1.82) is 0 Å². The lowest BCUT2D eigenvalue weighted by Gasteiger charge is -2.18. The SMILES string of the molecule is CN(c1ccccc1)c1cc(/C=C2\SC(=O)NC2=O)nc(Cl)n1. The first-order valence-electron chi connectivity index (χ1n) is 6.61. The molecule has 1 aliphatic heterocycles. The van der Waals surface area contributed by atoms with Crippen LogP contribution in [0.3, 0.4) is 0 Å². The molecule has 1 aromatic carbocycles. The summed E-state index contributed by atoms with van der Waals surface area (Å²) in [6.07, 6.45) is 1.51. The highest BCUT2D eigenvalue weighted by Gasteiger charge is 2.25. The summed E-state index contributed by atoms with van der Waals surface area (Å²) in [4.78, 5) is 33.2. The van der Waals surface area contributed by atoms with Gasteiger partial charge in [0, 0.05) is 18.8 Å². The fraction of sp³-hybridized carbons (Fsp3) is 0.0667. The van der Waals surface area contributed by atoms with E-state index in [9.17, 15) is 9.59 Å². The number of thioether (sulfide) groups is 1. The van der Waals surface area contributed by atoms with Crippen LogP contribution in [0.5, 0.6) is 0 Å². The Balaban J connectivity index is 1.95. The van der Waals surface area contributed by atoms with Gasteiger partial charge in [-0.3, -0.25) is 14.9 Å². The van der Waals surface area contributed by atoms with Crippen LogP contribution in [-0.4, -0.2) is 28.2 Å². The molecule has 1 saturated heterocycles. The molecule has 1 aliphatic rings. The van der Waals surface area contributed by atoms with Gasteiger partial charge in [0.2, 0.25) is 5.28 Å². The van der Waals surface area contributed by atoms with E-state index in [1.54, 1.807) is 6.07 Å². The van der Waals surface area contributed by atoms with E-state index < -0.39 is 11.1 Å². The molecular weight excluding hydrogens is 336 g/mol. The maximum atomic E-state index is 11.6. The Morgan fingerprint density at radius 3 is 2.61 bits per heavy atom. The third-order valence-electron chi connectivity index (χ3n) is 3.11. The summed E-state index contributed by atoms with van der Waals surface area (Å²) in [5.74, 6) is 0.144. The number of para-hydroxylation sites is 1. The van der Waals surface area contributed by atoms with Crippen LogP contribution < -0.4 is 10.2 Å². The molecule has 1 N–H and O–H groups in total. The standard InChI is InChI=1S/C15H11ClN4O2S/c1-20(10-5-3-2-4-6-10)12-8-9(17-14(16)18-12)7-11-13(21)19-15(22)23-11/h2-8H,1H3,(H,19,21,22)/b11-7-. The van der Waals surface area contributed by atoms with Gasteiger partial charge in [-0.2, -0.15) is 0 Å². The Morgan fingerprint density at radius 2 is 1.96 bits per heavy atom. The minimum absolute atomic E-state index is 0.0619. The molecule has 0 atom stereocenters. The molecule has 2 aromatic rings. The molecule has 8 heteroatoms. The summed E-state index contributed by atoms with van der Waals surface area (Å²) in [5.41, 5.74) is 1.39. The van der Waals surface area contributed by atoms with Gasteiger partial charge >= 0.3 is 0 Å². The van der Waals surface area contributed by atoms with Gasteiger partial charge in [-0.1, -0.05) is 18.2 Å². The quantitative estimate of drug-likeness (QED) is 0.679. The molecule has 3 rings (SSSR count). The van der Waals surface area contributed by atoms with Crippen molar-refractivity contribution >= 4 is 52.1 Å². The lowest BCUT2D eigenvalue weighted by Crippen LogP contribution is -2.17. The number of amides is 2. The predicted octanol–water partition coefficient (Wildman–Crippen LogP) is 3.22. The first-order chi connectivity index (χ1) is 11.0. The van der Waals surface area contributed by atoms with Crippen molar-refractivity contribution in [3.05, 3.63) is 52.3 Å². The number of carbonyl (C=O) groups excluding carboxylic acids is 2. The van der Waals surface area contributed by atoms with Crippen LogP contribution >= 0.6 is 23.4 Å². The molecule has 2 amide bonds. The summed E-state index contributed by atoms with van der Waals surface area (Å²) < 4.78 is 0. The number of carbonyl (C=O) groups is 2. The molecule has 1 fully saturated rings. The van der Waals surface area contributed by atoms with E-state index in [1.807, 2.05) is 42.3 Å². The molecular formula is C15H11ClN4O2S. The summed E-state index contributed by atoms with van der Waals surface area (Å²) in [6.45, 7) is 0. The second kappa shape index (κ2) is 6.39. The van der Waals surface area contributed by atoms with E-state index in [1.165, 1.54) is 6.08 Å². The highest BCUT2D eigenvalue weighted by molar-refractivity contribution is 8.18. The van der Waals surface area contributed by atoms with Gasteiger partial charge < -0.3 is 4.90 Å². The summed E-state index contributed by atoms with van der Waals surface area (Å²) in [7, 11) is 1.85. The molecule has 23 heavy (non-hydrogen) atoms. The number of rotatable bonds is 3. The predicted molar refractivity (Wildman–Crippen MR) is 90.7 cm³/mol. The number of hydrogen-bond acceptors (Lipinski definition) is 6. The molecule has 0 radical (unpaired) electrons. The fourth-order valence-electron chi connectivity index (χ4n) is 2.01. The van der Waals surface area contributed by atoms with Crippen molar-refractivity contribution in [3.8, 4) is 0 Å². The Morgan fingerprint density at radius 1 is 1.22 bits per heavy atom. The van der Waals surface area contributed by atoms with Crippen molar-refractivity contribution in [2.24, 2.45) is 0 Å². The van der Waals surface area contributed by atoms with Gasteiger partial charge in [-0.15, -0.1) is 0 Å². The Hall–Kier alpha value is -2.38. The molecule has 0 spiro atoms. The maximum Gasteiger partial charge on any atom is 0.290 e. The Labute approximate surface area is 141 Å². The molecule has 0 bridgehead atoms. The lowest BCUT2D eigenvalue weighted by molar-refractivity contribution is -0.115. The highest BCUT2D eigenvalue weighted by Crippen LogP contribution is 2.27. The molecule has 6 nitrogen and oxygen atoms in total. The monoisotopic (exact) mass is 346 g/mol. The van der Waals surface area contributed by atoms with Gasteiger partial charge in [-0.05, 0) is 41.6 Å². The van der Waals surface area contributed by atoms with E-state index in [0.717, 1.165) is 17.4 Å². The number of benzene rings is 1. The van der Waals surface area contributed by atoms with Crippen LogP contribution in [0.4, 0.5) is 16.3 Å². The zero-order chi connectivity index (χ0) is 16.4. The van der Waals surface area contributed by atoms with Crippen molar-refractivity contribution in [3.63, 3.8) is 0 Å². The summed E-state index contributed by atoms with van der Waals surface area (Å²) in [6, 6.07) is 11.3. The number of hydrogen-bond donors (Lipinski definition) is 1. The summed E-state index contributed by atoms with van der Waals surface area (Å²) in [5, 5.41) is 1.86. The summed E-state index contributed by atoms with van der Waals surface area (Å²) >= 11 is 6.81. The van der Waals surface area contributed by atoms with Crippen LogP contribution in [0.1, 0.15) is 5.69 Å². The van der Waals surface area contributed by atoms with Crippen LogP contribution in [0.25, 0.3) is 6.08 Å². The van der Waals surface area contributed by atoms with Gasteiger partial charge in [0.1, 0.15) is 5.82 Å². The fourth-order valence-corrected chi connectivity index (χ4v) is 2.86. The first-order valence-corrected chi connectivity index (χ1v) is 7.80. The van der Waals surface area contributed by atoms with E-state index in [0.29, 0.717) is 11.5 Å². The Kier molecular flexibility index (Phi) is 4.31. The van der Waals surface area contributed by atoms with Crippen molar-refractivity contribution in [2.75, 3.05) is 11.9 Å². The third kappa shape index (κ3) is 3.52. The van der Waals surface area contributed by atoms with E-state index in [2.05, 4.69) is 15.3 Å². The minimum Gasteiger partial charge on any atom is -0.329 e. The second-order valence-corrected chi connectivity index (χ2v) is 6.02. The highest BCUT2D eigenvalue weighted by atomic mass is 35.5. The van der Waals surface area contributed by atoms with E-state index in [4.69, 9.17) is 11.6 Å². The molecule has 0 saturated carbocycles. The van der Waals surface area contributed by atoms with Gasteiger partial charge in [0.15, 0.2) is 0 Å². The van der Waals surface area contributed by atoms with E-state index in [-0.39, 0.29) is 10.2 Å². The van der Waals surface area contributed by atoms with Crippen molar-refractivity contribution in [2.45, 2.75) is 0 Å². The van der Waals surface area contributed by atoms with Crippen LogP contribution in [0.15, 0.2) is 41.3 Å². The molecule has 1 aromatic heterocycles. The zero-order valence-corrected chi connectivity index (χ0v) is 13.6. The number of nitrogens with zero attached hydrogens (tertiary/aromatic N) is 3. The maximum absolute atomic E-state index is 11.6. The minimum atomic E-state index is -0.437. The second-order valence-electron chi connectivity index (χ2n) is 4.67. The number of halogens is 1. The Bertz CT molecular complexity index is 810. The van der Waals surface area contributed by atoms with Crippen molar-refractivity contribution in [1.82, 2.24) is 15.3 Å². The van der Waals surface area contributed by atoms with Gasteiger partial charge in [0.05, 0.1) is 10.6 Å². The first kappa shape index (κ1) is 15.5. The van der Waals surface area contributed by atoms with Gasteiger partial charge in [-0.25, -0.2) is 9.97 Å². The largest absolute Gasteiger partial charge is 0.329 e. The zero-order valence-electron chi connectivity index (χ0n) is 12.0. The van der Waals surface area contributed by atoms with Crippen LogP contribution in [-0.2, 0) is 4.79 Å². The van der Waals surface area contributed by atoms with Crippen LogP contribution in [0.2, 0.25) is 5.28 Å². The molecule has 116 valence electrons. The normalized spacial score (nSPS) is 15.8. The number of aromatic nitrogens is 2. The molecule has 0 unspecified atom stereocenters. The lowest BCUT2D eigenvalue weighted by atomic mass is 10.3. The number of nitrogens with one attached hydrogen (secondary N) is 1. The smallest absolute Gasteiger partial charge is 0.290 e. The molecule has 2 heterocycles. The average molecular weight is 347 g/mol. The van der Waals surface area contributed by atoms with Crippen LogP contribution in [0, 0.1) is 0 Å². The van der Waals surface area contributed by atoms with Gasteiger partial charge in [0.25, 0.3) is 11.1 Å². The molecule has 0 aliphatic carbocycles. The third-order valence-corrected chi connectivity index (χ3v) is 4.09. The van der Waals surface area contributed by atoms with Crippen molar-refractivity contribution < 1.29 is 9.59 Å². The average Bonchev–Trinajstić information content (AvgIpc) is 2.84.